The minimum atomic E-state index is 0.188. The van der Waals surface area contributed by atoms with Gasteiger partial charge in [-0.15, -0.1) is 0 Å². The summed E-state index contributed by atoms with van der Waals surface area (Å²) in [7, 11) is 0. The first-order valence-corrected chi connectivity index (χ1v) is 5.45. The van der Waals surface area contributed by atoms with Crippen LogP contribution in [-0.2, 0) is 0 Å². The fourth-order valence-corrected chi connectivity index (χ4v) is 1.85. The van der Waals surface area contributed by atoms with Crippen molar-refractivity contribution in [3.05, 3.63) is 17.3 Å². The third-order valence-electron chi connectivity index (χ3n) is 2.49. The number of halogens is 1. The molecule has 2 rings (SSSR count). The monoisotopic (exact) mass is 227 g/mol. The number of nitrogens with zero attached hydrogens (tertiary/aromatic N) is 1. The summed E-state index contributed by atoms with van der Waals surface area (Å²) in [6.45, 7) is 1.07. The molecular formula is C10H14ClN3O. The highest BCUT2D eigenvalue weighted by atomic mass is 35.5. The summed E-state index contributed by atoms with van der Waals surface area (Å²) in [4.78, 5) is 4.22. The zero-order chi connectivity index (χ0) is 10.7. The number of hydrogen-bond acceptors (Lipinski definition) is 4. The quantitative estimate of drug-likeness (QED) is 0.674. The highest BCUT2D eigenvalue weighted by molar-refractivity contribution is 6.29. The normalized spacial score (nSPS) is 19.7. The molecule has 0 radical (unpaired) electrons. The number of anilines is 2. The van der Waals surface area contributed by atoms with Gasteiger partial charge in [-0.25, -0.2) is 4.98 Å². The van der Waals surface area contributed by atoms with E-state index in [1.807, 2.05) is 6.07 Å². The second-order valence-electron chi connectivity index (χ2n) is 3.60. The number of fused-ring (bicyclic) bond motifs is 1. The van der Waals surface area contributed by atoms with E-state index in [9.17, 15) is 0 Å². The lowest BCUT2D eigenvalue weighted by Crippen LogP contribution is -2.21. The predicted octanol–water partition coefficient (Wildman–Crippen LogP) is 1.71. The Morgan fingerprint density at radius 1 is 1.53 bits per heavy atom. The van der Waals surface area contributed by atoms with Crippen molar-refractivity contribution in [2.24, 2.45) is 0 Å². The maximum absolute atomic E-state index is 8.91. The van der Waals surface area contributed by atoms with Crippen LogP contribution in [0.1, 0.15) is 12.8 Å². The number of hydrogen-bond donors (Lipinski definition) is 3. The van der Waals surface area contributed by atoms with Gasteiger partial charge in [-0.2, -0.15) is 0 Å². The molecule has 0 amide bonds. The van der Waals surface area contributed by atoms with Gasteiger partial charge in [0.05, 0.1) is 5.69 Å². The van der Waals surface area contributed by atoms with Gasteiger partial charge in [-0.1, -0.05) is 11.6 Å². The second kappa shape index (κ2) is 4.68. The summed E-state index contributed by atoms with van der Waals surface area (Å²) in [5.41, 5.74) is 0.972. The van der Waals surface area contributed by atoms with Crippen LogP contribution in [0.5, 0.6) is 0 Å². The van der Waals surface area contributed by atoms with E-state index in [0.717, 1.165) is 30.9 Å². The van der Waals surface area contributed by atoms with E-state index in [-0.39, 0.29) is 12.6 Å². The first-order chi connectivity index (χ1) is 7.29. The van der Waals surface area contributed by atoms with Gasteiger partial charge >= 0.3 is 0 Å². The van der Waals surface area contributed by atoms with Crippen LogP contribution >= 0.6 is 11.6 Å². The van der Waals surface area contributed by atoms with Gasteiger partial charge in [-0.05, 0) is 25.0 Å². The second-order valence-corrected chi connectivity index (χ2v) is 3.99. The molecule has 2 heterocycles. The van der Waals surface area contributed by atoms with Gasteiger partial charge in [0.15, 0.2) is 5.82 Å². The molecule has 0 saturated carbocycles. The SMILES string of the molecule is OCCC1CCNc2ccc(Cl)nc2N1. The van der Waals surface area contributed by atoms with Crippen LogP contribution in [0.25, 0.3) is 0 Å². The van der Waals surface area contributed by atoms with Crippen molar-refractivity contribution >= 4 is 23.1 Å². The van der Waals surface area contributed by atoms with E-state index in [1.165, 1.54) is 0 Å². The van der Waals surface area contributed by atoms with Crippen molar-refractivity contribution in [1.82, 2.24) is 4.98 Å². The topological polar surface area (TPSA) is 57.2 Å². The molecular weight excluding hydrogens is 214 g/mol. The molecule has 15 heavy (non-hydrogen) atoms. The van der Waals surface area contributed by atoms with Crippen LogP contribution in [0.4, 0.5) is 11.5 Å². The van der Waals surface area contributed by atoms with Crippen LogP contribution in [0, 0.1) is 0 Å². The van der Waals surface area contributed by atoms with E-state index in [0.29, 0.717) is 5.15 Å². The molecule has 0 fully saturated rings. The maximum atomic E-state index is 8.91. The van der Waals surface area contributed by atoms with E-state index >= 15 is 0 Å². The molecule has 1 atom stereocenters. The van der Waals surface area contributed by atoms with Crippen molar-refractivity contribution in [2.45, 2.75) is 18.9 Å². The average Bonchev–Trinajstić information content (AvgIpc) is 2.39. The molecule has 1 aliphatic heterocycles. The molecule has 4 nitrogen and oxygen atoms in total. The predicted molar refractivity (Wildman–Crippen MR) is 61.5 cm³/mol. The van der Waals surface area contributed by atoms with Gasteiger partial charge < -0.3 is 15.7 Å². The molecule has 0 spiro atoms. The minimum absolute atomic E-state index is 0.188. The zero-order valence-electron chi connectivity index (χ0n) is 8.33. The Kier molecular flexibility index (Phi) is 3.28. The molecule has 0 aromatic carbocycles. The lowest BCUT2D eigenvalue weighted by Gasteiger charge is -2.15. The Hall–Kier alpha value is -1.00. The Labute approximate surface area is 93.7 Å². The molecule has 1 aliphatic rings. The van der Waals surface area contributed by atoms with E-state index in [2.05, 4.69) is 15.6 Å². The molecule has 82 valence electrons. The van der Waals surface area contributed by atoms with Crippen molar-refractivity contribution in [1.29, 1.82) is 0 Å². The van der Waals surface area contributed by atoms with Gasteiger partial charge in [-0.3, -0.25) is 0 Å². The van der Waals surface area contributed by atoms with E-state index < -0.39 is 0 Å². The van der Waals surface area contributed by atoms with Crippen LogP contribution < -0.4 is 10.6 Å². The van der Waals surface area contributed by atoms with Gasteiger partial charge in [0.2, 0.25) is 0 Å². The Morgan fingerprint density at radius 3 is 3.20 bits per heavy atom. The third-order valence-corrected chi connectivity index (χ3v) is 2.70. The fourth-order valence-electron chi connectivity index (χ4n) is 1.71. The molecule has 0 bridgehead atoms. The van der Waals surface area contributed by atoms with Gasteiger partial charge in [0, 0.05) is 19.2 Å². The minimum Gasteiger partial charge on any atom is -0.396 e. The largest absolute Gasteiger partial charge is 0.396 e. The fraction of sp³-hybridized carbons (Fsp3) is 0.500. The number of nitrogens with one attached hydrogen (secondary N) is 2. The Balaban J connectivity index is 2.19. The first kappa shape index (κ1) is 10.5. The third kappa shape index (κ3) is 2.52. The first-order valence-electron chi connectivity index (χ1n) is 5.07. The van der Waals surface area contributed by atoms with Crippen LogP contribution in [-0.4, -0.2) is 29.3 Å². The van der Waals surface area contributed by atoms with Crippen molar-refractivity contribution in [3.8, 4) is 0 Å². The average molecular weight is 228 g/mol. The summed E-state index contributed by atoms with van der Waals surface area (Å²) in [5, 5.41) is 15.9. The smallest absolute Gasteiger partial charge is 0.151 e. The summed E-state index contributed by atoms with van der Waals surface area (Å²) in [6.07, 6.45) is 1.70. The highest BCUT2D eigenvalue weighted by Crippen LogP contribution is 2.25. The number of aliphatic hydroxyl groups excluding tert-OH is 1. The lowest BCUT2D eigenvalue weighted by molar-refractivity contribution is 0.278. The summed E-state index contributed by atoms with van der Waals surface area (Å²) in [6, 6.07) is 3.94. The molecule has 1 unspecified atom stereocenters. The molecule has 0 aliphatic carbocycles. The van der Waals surface area contributed by atoms with E-state index in [1.54, 1.807) is 6.07 Å². The molecule has 5 heteroatoms. The van der Waals surface area contributed by atoms with Crippen molar-refractivity contribution < 1.29 is 5.11 Å². The summed E-state index contributed by atoms with van der Waals surface area (Å²) in [5.74, 6) is 0.776. The van der Waals surface area contributed by atoms with Gasteiger partial charge in [0.25, 0.3) is 0 Å². The number of aromatic nitrogens is 1. The lowest BCUT2D eigenvalue weighted by atomic mass is 10.1. The zero-order valence-corrected chi connectivity index (χ0v) is 9.09. The molecule has 1 aromatic rings. The standard InChI is InChI=1S/C10H14ClN3O/c11-9-2-1-8-10(14-9)13-7(4-6-15)3-5-12-8/h1-2,7,12,15H,3-6H2,(H,13,14). The molecule has 1 aromatic heterocycles. The van der Waals surface area contributed by atoms with Gasteiger partial charge in [0.1, 0.15) is 5.15 Å². The number of rotatable bonds is 2. The highest BCUT2D eigenvalue weighted by Gasteiger charge is 2.15. The van der Waals surface area contributed by atoms with E-state index in [4.69, 9.17) is 16.7 Å². The maximum Gasteiger partial charge on any atom is 0.151 e. The number of aliphatic hydroxyl groups is 1. The molecule has 3 N–H and O–H groups in total. The molecule has 0 saturated heterocycles. The van der Waals surface area contributed by atoms with Crippen LogP contribution in [0.15, 0.2) is 12.1 Å². The summed E-state index contributed by atoms with van der Waals surface area (Å²) >= 11 is 5.83. The van der Waals surface area contributed by atoms with Crippen LogP contribution in [0.2, 0.25) is 5.15 Å². The van der Waals surface area contributed by atoms with Crippen LogP contribution in [0.3, 0.4) is 0 Å². The van der Waals surface area contributed by atoms with Crippen molar-refractivity contribution in [3.63, 3.8) is 0 Å². The Bertz CT molecular complexity index is 345. The Morgan fingerprint density at radius 2 is 2.40 bits per heavy atom. The summed E-state index contributed by atoms with van der Waals surface area (Å²) < 4.78 is 0. The van der Waals surface area contributed by atoms with Crippen molar-refractivity contribution in [2.75, 3.05) is 23.8 Å². The number of pyridine rings is 1.